The predicted molar refractivity (Wildman–Crippen MR) is 94.9 cm³/mol. The molecule has 2 heterocycles. The van der Waals surface area contributed by atoms with Gasteiger partial charge in [-0.2, -0.15) is 4.72 Å². The van der Waals surface area contributed by atoms with Gasteiger partial charge in [0.2, 0.25) is 15.9 Å². The fourth-order valence-corrected chi connectivity index (χ4v) is 4.81. The molecule has 1 amide bonds. The van der Waals surface area contributed by atoms with Crippen molar-refractivity contribution in [2.24, 2.45) is 11.8 Å². The van der Waals surface area contributed by atoms with Gasteiger partial charge in [-0.25, -0.2) is 8.42 Å². The van der Waals surface area contributed by atoms with E-state index in [-0.39, 0.29) is 28.8 Å². The first-order valence-electron chi connectivity index (χ1n) is 8.57. The van der Waals surface area contributed by atoms with Crippen LogP contribution in [0.25, 0.3) is 0 Å². The topological polar surface area (TPSA) is 87.7 Å². The van der Waals surface area contributed by atoms with Crippen LogP contribution in [0.3, 0.4) is 0 Å². The summed E-state index contributed by atoms with van der Waals surface area (Å²) in [5, 5.41) is 3.29. The Morgan fingerprint density at radius 3 is 2.56 bits per heavy atom. The second-order valence-electron chi connectivity index (χ2n) is 6.92. The number of carbonyl (C=O) groups is 1. The summed E-state index contributed by atoms with van der Waals surface area (Å²) in [5.41, 5.74) is 0.559. The Hall–Kier alpha value is -1.80. The van der Waals surface area contributed by atoms with Gasteiger partial charge < -0.3 is 15.0 Å². The van der Waals surface area contributed by atoms with Gasteiger partial charge in [0.25, 0.3) is 0 Å². The minimum absolute atomic E-state index is 0.0119. The molecular formula is C17H25N3O4S. The van der Waals surface area contributed by atoms with Crippen molar-refractivity contribution in [1.29, 1.82) is 0 Å². The van der Waals surface area contributed by atoms with Crippen molar-refractivity contribution in [3.05, 3.63) is 18.2 Å². The van der Waals surface area contributed by atoms with Crippen molar-refractivity contribution in [3.63, 3.8) is 0 Å². The van der Waals surface area contributed by atoms with E-state index in [1.807, 2.05) is 18.7 Å². The monoisotopic (exact) mass is 367 g/mol. The van der Waals surface area contributed by atoms with Gasteiger partial charge in [-0.3, -0.25) is 4.79 Å². The van der Waals surface area contributed by atoms with E-state index >= 15 is 0 Å². The summed E-state index contributed by atoms with van der Waals surface area (Å²) in [6, 6.07) is 4.89. The van der Waals surface area contributed by atoms with Crippen LogP contribution in [0.4, 0.5) is 5.69 Å². The van der Waals surface area contributed by atoms with Crippen molar-refractivity contribution in [1.82, 2.24) is 9.62 Å². The van der Waals surface area contributed by atoms with Crippen LogP contribution >= 0.6 is 0 Å². The number of methoxy groups -OCH3 is 1. The second kappa shape index (κ2) is 6.84. The highest BCUT2D eigenvalue weighted by Gasteiger charge is 2.36. The zero-order valence-corrected chi connectivity index (χ0v) is 15.6. The smallest absolute Gasteiger partial charge is 0.244 e. The highest BCUT2D eigenvalue weighted by Crippen LogP contribution is 2.33. The van der Waals surface area contributed by atoms with Crippen LogP contribution in [0.1, 0.15) is 26.7 Å². The number of hydrogen-bond acceptors (Lipinski definition) is 5. The largest absolute Gasteiger partial charge is 0.497 e. The molecular weight excluding hydrogens is 342 g/mol. The Morgan fingerprint density at radius 1 is 1.28 bits per heavy atom. The zero-order chi connectivity index (χ0) is 18.2. The molecule has 0 radical (unpaired) electrons. The second-order valence-corrected chi connectivity index (χ2v) is 8.61. The van der Waals surface area contributed by atoms with Crippen LogP contribution in [-0.2, 0) is 14.8 Å². The van der Waals surface area contributed by atoms with Crippen molar-refractivity contribution < 1.29 is 17.9 Å². The number of hydrogen-bond donors (Lipinski definition) is 2. The first-order chi connectivity index (χ1) is 11.8. The molecule has 0 aliphatic carbocycles. The molecule has 0 unspecified atom stereocenters. The van der Waals surface area contributed by atoms with E-state index in [2.05, 4.69) is 10.0 Å². The Morgan fingerprint density at radius 2 is 1.96 bits per heavy atom. The third-order valence-electron chi connectivity index (χ3n) is 4.89. The number of rotatable bonds is 3. The molecule has 2 N–H and O–H groups in total. The molecule has 0 saturated carbocycles. The highest BCUT2D eigenvalue weighted by atomic mass is 32.2. The van der Waals surface area contributed by atoms with Crippen LogP contribution in [0.15, 0.2) is 23.1 Å². The highest BCUT2D eigenvalue weighted by molar-refractivity contribution is 7.89. The lowest BCUT2D eigenvalue weighted by Crippen LogP contribution is -2.52. The van der Waals surface area contributed by atoms with Gasteiger partial charge in [0.1, 0.15) is 10.6 Å². The molecule has 0 bridgehead atoms. The number of piperidine rings is 1. The summed E-state index contributed by atoms with van der Waals surface area (Å²) in [6.07, 6.45) is 1.15. The average Bonchev–Trinajstić information content (AvgIpc) is 2.60. The van der Waals surface area contributed by atoms with Crippen LogP contribution in [0.5, 0.6) is 5.75 Å². The molecule has 1 fully saturated rings. The van der Waals surface area contributed by atoms with Crippen molar-refractivity contribution in [2.75, 3.05) is 25.5 Å². The Kier molecular flexibility index (Phi) is 4.92. The summed E-state index contributed by atoms with van der Waals surface area (Å²) in [5.74, 6) is 0.887. The number of benzene rings is 1. The minimum atomic E-state index is -3.56. The SMILES string of the molecule is COc1ccc2c(c1)N[C@@H](C1CCN(C(=O)C(C)C)CC1)NS2(=O)=O. The number of fused-ring (bicyclic) bond motifs is 1. The molecule has 2 aliphatic heterocycles. The lowest BCUT2D eigenvalue weighted by molar-refractivity contribution is -0.135. The van der Waals surface area contributed by atoms with Crippen LogP contribution in [0, 0.1) is 11.8 Å². The van der Waals surface area contributed by atoms with Gasteiger partial charge in [-0.15, -0.1) is 0 Å². The Bertz CT molecular complexity index is 755. The first kappa shape index (κ1) is 18.0. The van der Waals surface area contributed by atoms with Gasteiger partial charge in [0.05, 0.1) is 19.0 Å². The molecule has 0 spiro atoms. The van der Waals surface area contributed by atoms with E-state index < -0.39 is 10.0 Å². The summed E-state index contributed by atoms with van der Waals surface area (Å²) < 4.78 is 33.0. The number of carbonyl (C=O) groups excluding carboxylic acids is 1. The standard InChI is InChI=1S/C17H25N3O4S/c1-11(2)17(21)20-8-6-12(7-9-20)16-18-14-10-13(24-3)4-5-15(14)25(22,23)19-16/h4-5,10-12,16,18-19H,6-9H2,1-3H3/t16-/m1/s1. The van der Waals surface area contributed by atoms with Crippen molar-refractivity contribution in [2.45, 2.75) is 37.8 Å². The first-order valence-corrected chi connectivity index (χ1v) is 10.1. The number of ether oxygens (including phenoxy) is 1. The molecule has 2 aliphatic rings. The summed E-state index contributed by atoms with van der Waals surface area (Å²) in [7, 11) is -2.01. The maximum absolute atomic E-state index is 12.5. The lowest BCUT2D eigenvalue weighted by Gasteiger charge is -2.39. The van der Waals surface area contributed by atoms with E-state index in [1.165, 1.54) is 0 Å². The minimum Gasteiger partial charge on any atom is -0.497 e. The van der Waals surface area contributed by atoms with Gasteiger partial charge in [0.15, 0.2) is 0 Å². The number of anilines is 1. The molecule has 8 heteroatoms. The average molecular weight is 367 g/mol. The van der Waals surface area contributed by atoms with Gasteiger partial charge in [-0.1, -0.05) is 13.8 Å². The number of likely N-dealkylation sites (tertiary alicyclic amines) is 1. The zero-order valence-electron chi connectivity index (χ0n) is 14.8. The van der Waals surface area contributed by atoms with E-state index in [0.29, 0.717) is 24.5 Å². The third kappa shape index (κ3) is 3.59. The molecule has 7 nitrogen and oxygen atoms in total. The summed E-state index contributed by atoms with van der Waals surface area (Å²) >= 11 is 0. The number of nitrogens with zero attached hydrogens (tertiary/aromatic N) is 1. The number of amides is 1. The molecule has 3 rings (SSSR count). The molecule has 1 aromatic rings. The molecule has 1 atom stereocenters. The normalized spacial score (nSPS) is 23.0. The predicted octanol–water partition coefficient (Wildman–Crippen LogP) is 1.62. The van der Waals surface area contributed by atoms with Crippen molar-refractivity contribution >= 4 is 21.6 Å². The van der Waals surface area contributed by atoms with Crippen molar-refractivity contribution in [3.8, 4) is 5.75 Å². The van der Waals surface area contributed by atoms with Gasteiger partial charge in [0, 0.05) is 25.1 Å². The van der Waals surface area contributed by atoms with E-state index in [0.717, 1.165) is 12.8 Å². The fraction of sp³-hybridized carbons (Fsp3) is 0.588. The van der Waals surface area contributed by atoms with Crippen LogP contribution in [0.2, 0.25) is 0 Å². The quantitative estimate of drug-likeness (QED) is 0.848. The van der Waals surface area contributed by atoms with Crippen LogP contribution < -0.4 is 14.8 Å². The number of nitrogens with one attached hydrogen (secondary N) is 2. The van der Waals surface area contributed by atoms with E-state index in [1.54, 1.807) is 25.3 Å². The van der Waals surface area contributed by atoms with Gasteiger partial charge >= 0.3 is 0 Å². The molecule has 1 aromatic carbocycles. The number of sulfonamides is 1. The molecule has 25 heavy (non-hydrogen) atoms. The fourth-order valence-electron chi connectivity index (χ4n) is 3.44. The van der Waals surface area contributed by atoms with E-state index in [9.17, 15) is 13.2 Å². The summed E-state index contributed by atoms with van der Waals surface area (Å²) in [4.78, 5) is 14.2. The molecule has 138 valence electrons. The maximum Gasteiger partial charge on any atom is 0.244 e. The maximum atomic E-state index is 12.5. The van der Waals surface area contributed by atoms with Crippen LogP contribution in [-0.4, -0.2) is 45.6 Å². The van der Waals surface area contributed by atoms with Gasteiger partial charge in [-0.05, 0) is 30.9 Å². The third-order valence-corrected chi connectivity index (χ3v) is 6.39. The Balaban J connectivity index is 1.74. The lowest BCUT2D eigenvalue weighted by atomic mass is 9.93. The molecule has 1 saturated heterocycles. The summed E-state index contributed by atoms with van der Waals surface area (Å²) in [6.45, 7) is 5.12. The molecule has 0 aromatic heterocycles. The Labute approximate surface area is 148 Å². The van der Waals surface area contributed by atoms with E-state index in [4.69, 9.17) is 4.74 Å².